The summed E-state index contributed by atoms with van der Waals surface area (Å²) in [5, 5.41) is 20.1. The zero-order valence-corrected chi connectivity index (χ0v) is 19.1. The van der Waals surface area contributed by atoms with Crippen molar-refractivity contribution in [1.29, 1.82) is 5.41 Å². The number of aryl methyl sites for hydroxylation is 2. The van der Waals surface area contributed by atoms with Gasteiger partial charge in [-0.2, -0.15) is 0 Å². The molecule has 1 aromatic heterocycles. The molecule has 2 atom stereocenters. The van der Waals surface area contributed by atoms with E-state index in [1.54, 1.807) is 0 Å². The van der Waals surface area contributed by atoms with Crippen LogP contribution < -0.4 is 11.1 Å². The Balaban J connectivity index is 1.65. The fourth-order valence-corrected chi connectivity index (χ4v) is 4.46. The number of H-pyrrole nitrogens is 1. The summed E-state index contributed by atoms with van der Waals surface area (Å²) in [4.78, 5) is 19.5. The Labute approximate surface area is 198 Å². The summed E-state index contributed by atoms with van der Waals surface area (Å²) in [6.45, 7) is 1.91. The van der Waals surface area contributed by atoms with Gasteiger partial charge in [0, 0.05) is 5.56 Å². The average Bonchev–Trinajstić information content (AvgIpc) is 3.20. The maximum atomic E-state index is 11.8. The third-order valence-corrected chi connectivity index (χ3v) is 6.14. The number of hydrogen-bond acceptors (Lipinski definition) is 3. The van der Waals surface area contributed by atoms with E-state index in [1.165, 1.54) is 0 Å². The number of carbonyl (C=O) groups is 1. The largest absolute Gasteiger partial charge is 0.465 e. The Morgan fingerprint density at radius 1 is 1.09 bits per heavy atom. The predicted octanol–water partition coefficient (Wildman–Crippen LogP) is 4.96. The molecule has 1 heterocycles. The van der Waals surface area contributed by atoms with Gasteiger partial charge in [0.15, 0.2) is 0 Å². The number of nitrogens with one attached hydrogen (secondary N) is 3. The molecular weight excluding hydrogens is 426 g/mol. The summed E-state index contributed by atoms with van der Waals surface area (Å²) in [7, 11) is 0. The van der Waals surface area contributed by atoms with Gasteiger partial charge in [-0.15, -0.1) is 0 Å². The average molecular weight is 456 g/mol. The van der Waals surface area contributed by atoms with Crippen LogP contribution in [-0.4, -0.2) is 27.0 Å². The van der Waals surface area contributed by atoms with Gasteiger partial charge in [-0.3, -0.25) is 5.41 Å². The molecule has 0 bridgehead atoms. The van der Waals surface area contributed by atoms with Crippen molar-refractivity contribution >= 4 is 23.0 Å². The van der Waals surface area contributed by atoms with Gasteiger partial charge >= 0.3 is 6.09 Å². The molecule has 7 nitrogen and oxygen atoms in total. The van der Waals surface area contributed by atoms with Crippen LogP contribution in [0.4, 0.5) is 4.79 Å². The van der Waals surface area contributed by atoms with E-state index in [9.17, 15) is 9.90 Å². The SMILES string of the molecule is Cc1nc2ccc(C(NC(=O)O)C(CCc3ccc(C(=N)N)cc3)Cc3ccccc3)cc2[nH]1. The molecule has 0 aliphatic rings. The van der Waals surface area contributed by atoms with Crippen molar-refractivity contribution < 1.29 is 9.90 Å². The van der Waals surface area contributed by atoms with Gasteiger partial charge in [0.25, 0.3) is 0 Å². The summed E-state index contributed by atoms with van der Waals surface area (Å²) in [6, 6.07) is 23.3. The minimum absolute atomic E-state index is 0.0208. The molecule has 0 saturated carbocycles. The molecule has 0 saturated heterocycles. The first-order valence-electron chi connectivity index (χ1n) is 11.3. The Kier molecular flexibility index (Phi) is 6.92. The number of aromatic nitrogens is 2. The van der Waals surface area contributed by atoms with E-state index in [1.807, 2.05) is 67.6 Å². The number of aromatic amines is 1. The first-order valence-corrected chi connectivity index (χ1v) is 11.3. The number of fused-ring (bicyclic) bond motifs is 1. The van der Waals surface area contributed by atoms with E-state index >= 15 is 0 Å². The van der Waals surface area contributed by atoms with E-state index in [0.717, 1.165) is 52.8 Å². The lowest BCUT2D eigenvalue weighted by molar-refractivity contribution is 0.183. The lowest BCUT2D eigenvalue weighted by atomic mass is 9.83. The molecule has 174 valence electrons. The highest BCUT2D eigenvalue weighted by molar-refractivity contribution is 5.94. The molecule has 2 unspecified atom stereocenters. The fourth-order valence-electron chi connectivity index (χ4n) is 4.46. The second-order valence-corrected chi connectivity index (χ2v) is 8.63. The fraction of sp³-hybridized carbons (Fsp3) is 0.222. The Hall–Kier alpha value is -4.13. The molecule has 4 aromatic rings. The van der Waals surface area contributed by atoms with Gasteiger partial charge in [0.2, 0.25) is 0 Å². The molecule has 0 aliphatic carbocycles. The first-order chi connectivity index (χ1) is 16.4. The molecule has 4 rings (SSSR count). The third-order valence-electron chi connectivity index (χ3n) is 6.14. The van der Waals surface area contributed by atoms with Crippen molar-refractivity contribution in [3.63, 3.8) is 0 Å². The maximum Gasteiger partial charge on any atom is 0.405 e. The van der Waals surface area contributed by atoms with E-state index in [0.29, 0.717) is 5.56 Å². The summed E-state index contributed by atoms with van der Waals surface area (Å²) in [6.07, 6.45) is 1.24. The second-order valence-electron chi connectivity index (χ2n) is 8.63. The van der Waals surface area contributed by atoms with Crippen LogP contribution in [0.25, 0.3) is 11.0 Å². The summed E-state index contributed by atoms with van der Waals surface area (Å²) in [5.74, 6) is 0.890. The number of rotatable bonds is 9. The summed E-state index contributed by atoms with van der Waals surface area (Å²) < 4.78 is 0. The molecule has 6 N–H and O–H groups in total. The maximum absolute atomic E-state index is 11.8. The van der Waals surface area contributed by atoms with Gasteiger partial charge in [0.1, 0.15) is 11.7 Å². The molecule has 1 amide bonds. The van der Waals surface area contributed by atoms with Crippen molar-refractivity contribution in [2.24, 2.45) is 11.7 Å². The third kappa shape index (κ3) is 5.61. The van der Waals surface area contributed by atoms with Gasteiger partial charge in [-0.05, 0) is 60.9 Å². The van der Waals surface area contributed by atoms with Crippen LogP contribution in [-0.2, 0) is 12.8 Å². The molecule has 0 radical (unpaired) electrons. The Bertz CT molecular complexity index is 1280. The Morgan fingerprint density at radius 3 is 2.50 bits per heavy atom. The number of nitrogen functional groups attached to an aromatic ring is 1. The number of imidazole rings is 1. The molecule has 0 spiro atoms. The van der Waals surface area contributed by atoms with E-state index in [4.69, 9.17) is 11.1 Å². The van der Waals surface area contributed by atoms with Crippen molar-refractivity contribution in [2.45, 2.75) is 32.2 Å². The van der Waals surface area contributed by atoms with Gasteiger partial charge < -0.3 is 21.1 Å². The number of carboxylic acid groups (broad SMARTS) is 1. The van der Waals surface area contributed by atoms with Crippen LogP contribution in [0.5, 0.6) is 0 Å². The topological polar surface area (TPSA) is 128 Å². The van der Waals surface area contributed by atoms with Crippen molar-refractivity contribution in [1.82, 2.24) is 15.3 Å². The normalized spacial score (nSPS) is 12.9. The van der Waals surface area contributed by atoms with Crippen LogP contribution >= 0.6 is 0 Å². The number of amidine groups is 1. The quantitative estimate of drug-likeness (QED) is 0.181. The van der Waals surface area contributed by atoms with Crippen molar-refractivity contribution in [3.05, 3.63) is 101 Å². The Morgan fingerprint density at radius 2 is 1.82 bits per heavy atom. The van der Waals surface area contributed by atoms with Crippen LogP contribution in [0.15, 0.2) is 72.8 Å². The minimum Gasteiger partial charge on any atom is -0.465 e. The molecular formula is C27H29N5O2. The minimum atomic E-state index is -1.05. The van der Waals surface area contributed by atoms with Gasteiger partial charge in [-0.1, -0.05) is 60.7 Å². The highest BCUT2D eigenvalue weighted by Crippen LogP contribution is 2.31. The van der Waals surface area contributed by atoms with E-state index in [2.05, 4.69) is 27.4 Å². The zero-order valence-electron chi connectivity index (χ0n) is 19.1. The van der Waals surface area contributed by atoms with Crippen molar-refractivity contribution in [2.75, 3.05) is 0 Å². The molecule has 7 heteroatoms. The molecule has 34 heavy (non-hydrogen) atoms. The van der Waals surface area contributed by atoms with Crippen LogP contribution in [0.1, 0.15) is 40.5 Å². The first kappa shape index (κ1) is 23.0. The smallest absolute Gasteiger partial charge is 0.405 e. The van der Waals surface area contributed by atoms with Crippen LogP contribution in [0, 0.1) is 18.3 Å². The summed E-state index contributed by atoms with van der Waals surface area (Å²) >= 11 is 0. The van der Waals surface area contributed by atoms with E-state index in [-0.39, 0.29) is 17.8 Å². The highest BCUT2D eigenvalue weighted by Gasteiger charge is 2.26. The van der Waals surface area contributed by atoms with E-state index < -0.39 is 6.09 Å². The number of nitrogens with zero attached hydrogens (tertiary/aromatic N) is 1. The molecule has 0 aliphatic heterocycles. The predicted molar refractivity (Wildman–Crippen MR) is 134 cm³/mol. The lowest BCUT2D eigenvalue weighted by Crippen LogP contribution is -2.33. The molecule has 3 aromatic carbocycles. The number of nitrogens with two attached hydrogens (primary N) is 1. The number of benzene rings is 3. The standard InChI is InChI=1S/C27H29N5O2/c1-17-30-23-14-13-22(16-24(23)31-17)25(32-27(33)34)21(15-19-5-3-2-4-6-19)12-9-18-7-10-20(11-8-18)26(28)29/h2-8,10-11,13-14,16,21,25,32H,9,12,15H2,1H3,(H3,28,29)(H,30,31)(H,33,34). The monoisotopic (exact) mass is 455 g/mol. The van der Waals surface area contributed by atoms with Gasteiger partial charge in [-0.25, -0.2) is 9.78 Å². The number of amides is 1. The zero-order chi connectivity index (χ0) is 24.1. The summed E-state index contributed by atoms with van der Waals surface area (Å²) in [5.41, 5.74) is 11.2. The number of hydrogen-bond donors (Lipinski definition) is 5. The van der Waals surface area contributed by atoms with Crippen LogP contribution in [0.2, 0.25) is 0 Å². The van der Waals surface area contributed by atoms with Crippen molar-refractivity contribution in [3.8, 4) is 0 Å². The van der Waals surface area contributed by atoms with Crippen LogP contribution in [0.3, 0.4) is 0 Å². The molecule has 0 fully saturated rings. The van der Waals surface area contributed by atoms with Gasteiger partial charge in [0.05, 0.1) is 17.1 Å². The lowest BCUT2D eigenvalue weighted by Gasteiger charge is -2.28. The highest BCUT2D eigenvalue weighted by atomic mass is 16.4. The second kappa shape index (κ2) is 10.2.